The van der Waals surface area contributed by atoms with Crippen LogP contribution in [0.3, 0.4) is 0 Å². The molecule has 0 aliphatic heterocycles. The van der Waals surface area contributed by atoms with E-state index in [0.717, 1.165) is 5.56 Å². The summed E-state index contributed by atoms with van der Waals surface area (Å²) >= 11 is 5.87. The number of amides is 1. The van der Waals surface area contributed by atoms with Crippen molar-refractivity contribution in [3.63, 3.8) is 0 Å². The van der Waals surface area contributed by atoms with Crippen molar-refractivity contribution in [2.45, 2.75) is 13.5 Å². The van der Waals surface area contributed by atoms with Crippen molar-refractivity contribution in [2.24, 2.45) is 11.7 Å². The molecule has 1 amide bonds. The molecule has 2 rings (SSSR count). The molecule has 23 heavy (non-hydrogen) atoms. The lowest BCUT2D eigenvalue weighted by molar-refractivity contribution is 0.0944. The number of para-hydroxylation sites is 1. The quantitative estimate of drug-likeness (QED) is 0.818. The predicted molar refractivity (Wildman–Crippen MR) is 92.8 cm³/mol. The SMILES string of the molecule is CC(CN)CNC(=O)c1ccccc1OCc1ccc(Cl)cc1. The van der Waals surface area contributed by atoms with Crippen LogP contribution in [-0.2, 0) is 6.61 Å². The number of halogens is 1. The molecule has 0 spiro atoms. The van der Waals surface area contributed by atoms with E-state index < -0.39 is 0 Å². The molecule has 0 aliphatic carbocycles. The predicted octanol–water partition coefficient (Wildman–Crippen LogP) is 3.24. The molecule has 0 saturated heterocycles. The highest BCUT2D eigenvalue weighted by Crippen LogP contribution is 2.20. The summed E-state index contributed by atoms with van der Waals surface area (Å²) in [6, 6.07) is 14.6. The summed E-state index contributed by atoms with van der Waals surface area (Å²) in [6.07, 6.45) is 0. The Hall–Kier alpha value is -2.04. The van der Waals surface area contributed by atoms with Crippen molar-refractivity contribution in [1.29, 1.82) is 0 Å². The van der Waals surface area contributed by atoms with Crippen LogP contribution in [0.2, 0.25) is 5.02 Å². The molecule has 0 fully saturated rings. The van der Waals surface area contributed by atoms with Crippen molar-refractivity contribution in [2.75, 3.05) is 13.1 Å². The Balaban J connectivity index is 2.02. The molecule has 0 radical (unpaired) electrons. The van der Waals surface area contributed by atoms with Crippen LogP contribution in [0.4, 0.5) is 0 Å². The van der Waals surface area contributed by atoms with Gasteiger partial charge < -0.3 is 15.8 Å². The summed E-state index contributed by atoms with van der Waals surface area (Å²) in [5.74, 6) is 0.637. The lowest BCUT2D eigenvalue weighted by Gasteiger charge is -2.13. The Morgan fingerprint density at radius 1 is 1.22 bits per heavy atom. The maximum atomic E-state index is 12.3. The first-order valence-corrected chi connectivity index (χ1v) is 7.92. The Labute approximate surface area is 141 Å². The number of carbonyl (C=O) groups excluding carboxylic acids is 1. The first-order valence-electron chi connectivity index (χ1n) is 7.54. The van der Waals surface area contributed by atoms with Crippen molar-refractivity contribution in [1.82, 2.24) is 5.32 Å². The number of nitrogens with two attached hydrogens (primary N) is 1. The van der Waals surface area contributed by atoms with Crippen molar-refractivity contribution < 1.29 is 9.53 Å². The molecule has 3 N–H and O–H groups in total. The molecule has 2 aromatic rings. The van der Waals surface area contributed by atoms with Crippen molar-refractivity contribution in [3.05, 3.63) is 64.7 Å². The van der Waals surface area contributed by atoms with Gasteiger partial charge in [-0.15, -0.1) is 0 Å². The van der Waals surface area contributed by atoms with Crippen LogP contribution in [0.1, 0.15) is 22.8 Å². The lowest BCUT2D eigenvalue weighted by Crippen LogP contribution is -2.31. The van der Waals surface area contributed by atoms with Crippen LogP contribution in [0.5, 0.6) is 5.75 Å². The molecule has 0 bridgehead atoms. The standard InChI is InChI=1S/C18H21ClN2O2/c1-13(10-20)11-21-18(22)16-4-2-3-5-17(16)23-12-14-6-8-15(19)9-7-14/h2-9,13H,10-12,20H2,1H3,(H,21,22). The second-order valence-electron chi connectivity index (χ2n) is 5.46. The van der Waals surface area contributed by atoms with Crippen molar-refractivity contribution >= 4 is 17.5 Å². The van der Waals surface area contributed by atoms with Crippen LogP contribution in [0, 0.1) is 5.92 Å². The lowest BCUT2D eigenvalue weighted by atomic mass is 10.1. The van der Waals surface area contributed by atoms with E-state index in [4.69, 9.17) is 22.1 Å². The zero-order valence-corrected chi connectivity index (χ0v) is 13.8. The average molecular weight is 333 g/mol. The summed E-state index contributed by atoms with van der Waals surface area (Å²) < 4.78 is 5.79. The fraction of sp³-hybridized carbons (Fsp3) is 0.278. The van der Waals surface area contributed by atoms with Gasteiger partial charge in [-0.2, -0.15) is 0 Å². The molecule has 0 heterocycles. The number of rotatable bonds is 7. The molecular weight excluding hydrogens is 312 g/mol. The van der Waals surface area contributed by atoms with Crippen LogP contribution in [-0.4, -0.2) is 19.0 Å². The van der Waals surface area contributed by atoms with E-state index in [1.165, 1.54) is 0 Å². The van der Waals surface area contributed by atoms with E-state index in [1.54, 1.807) is 12.1 Å². The van der Waals surface area contributed by atoms with Gasteiger partial charge in [-0.25, -0.2) is 0 Å². The first kappa shape index (κ1) is 17.3. The molecule has 2 aromatic carbocycles. The minimum Gasteiger partial charge on any atom is -0.488 e. The fourth-order valence-electron chi connectivity index (χ4n) is 1.97. The van der Waals surface area contributed by atoms with E-state index in [9.17, 15) is 4.79 Å². The maximum Gasteiger partial charge on any atom is 0.255 e. The average Bonchev–Trinajstić information content (AvgIpc) is 2.59. The summed E-state index contributed by atoms with van der Waals surface area (Å²) in [5, 5.41) is 3.56. The van der Waals surface area contributed by atoms with Gasteiger partial charge in [-0.1, -0.05) is 42.8 Å². The van der Waals surface area contributed by atoms with Gasteiger partial charge in [0.05, 0.1) is 5.56 Å². The largest absolute Gasteiger partial charge is 0.488 e. The molecule has 5 heteroatoms. The van der Waals surface area contributed by atoms with Gasteiger partial charge in [0.1, 0.15) is 12.4 Å². The van der Waals surface area contributed by atoms with E-state index in [1.807, 2.05) is 43.3 Å². The topological polar surface area (TPSA) is 64.3 Å². The molecular formula is C18H21ClN2O2. The Kier molecular flexibility index (Phi) is 6.44. The minimum absolute atomic E-state index is 0.156. The van der Waals surface area contributed by atoms with Gasteiger partial charge in [0.25, 0.3) is 5.91 Å². The second-order valence-corrected chi connectivity index (χ2v) is 5.90. The minimum atomic E-state index is -0.156. The molecule has 0 saturated carbocycles. The molecule has 0 aliphatic rings. The molecule has 1 atom stereocenters. The number of carbonyl (C=O) groups is 1. The van der Waals surface area contributed by atoms with Gasteiger partial charge in [0.2, 0.25) is 0 Å². The third-order valence-corrected chi connectivity index (χ3v) is 3.70. The Morgan fingerprint density at radius 3 is 2.61 bits per heavy atom. The number of ether oxygens (including phenoxy) is 1. The van der Waals surface area contributed by atoms with Gasteiger partial charge in [0.15, 0.2) is 0 Å². The number of hydrogen-bond donors (Lipinski definition) is 2. The van der Waals surface area contributed by atoms with E-state index in [-0.39, 0.29) is 11.8 Å². The highest BCUT2D eigenvalue weighted by Gasteiger charge is 2.12. The molecule has 0 aromatic heterocycles. The van der Waals surface area contributed by atoms with Crippen LogP contribution >= 0.6 is 11.6 Å². The van der Waals surface area contributed by atoms with Crippen LogP contribution < -0.4 is 15.8 Å². The van der Waals surface area contributed by atoms with E-state index >= 15 is 0 Å². The van der Waals surface area contributed by atoms with Gasteiger partial charge in [-0.05, 0) is 42.3 Å². The van der Waals surface area contributed by atoms with Gasteiger partial charge in [-0.3, -0.25) is 4.79 Å². The zero-order valence-electron chi connectivity index (χ0n) is 13.1. The fourth-order valence-corrected chi connectivity index (χ4v) is 2.09. The normalized spacial score (nSPS) is 11.8. The highest BCUT2D eigenvalue weighted by atomic mass is 35.5. The number of hydrogen-bond acceptors (Lipinski definition) is 3. The molecule has 1 unspecified atom stereocenters. The van der Waals surface area contributed by atoms with Crippen LogP contribution in [0.25, 0.3) is 0 Å². The summed E-state index contributed by atoms with van der Waals surface area (Å²) in [6.45, 7) is 3.44. The number of nitrogens with one attached hydrogen (secondary N) is 1. The monoisotopic (exact) mass is 332 g/mol. The smallest absolute Gasteiger partial charge is 0.255 e. The summed E-state index contributed by atoms with van der Waals surface area (Å²) in [5.41, 5.74) is 7.07. The summed E-state index contributed by atoms with van der Waals surface area (Å²) in [4.78, 5) is 12.3. The highest BCUT2D eigenvalue weighted by molar-refractivity contribution is 6.30. The van der Waals surface area contributed by atoms with E-state index in [2.05, 4.69) is 5.32 Å². The maximum absolute atomic E-state index is 12.3. The summed E-state index contributed by atoms with van der Waals surface area (Å²) in [7, 11) is 0. The molecule has 4 nitrogen and oxygen atoms in total. The third-order valence-electron chi connectivity index (χ3n) is 3.45. The second kappa shape index (κ2) is 8.56. The van der Waals surface area contributed by atoms with Crippen LogP contribution in [0.15, 0.2) is 48.5 Å². The van der Waals surface area contributed by atoms with Gasteiger partial charge in [0, 0.05) is 11.6 Å². The Bertz CT molecular complexity index is 644. The Morgan fingerprint density at radius 2 is 1.91 bits per heavy atom. The van der Waals surface area contributed by atoms with E-state index in [0.29, 0.717) is 36.0 Å². The zero-order chi connectivity index (χ0) is 16.7. The van der Waals surface area contributed by atoms with Crippen molar-refractivity contribution in [3.8, 4) is 5.75 Å². The first-order chi connectivity index (χ1) is 11.1. The molecule has 122 valence electrons. The van der Waals surface area contributed by atoms with Gasteiger partial charge >= 0.3 is 0 Å². The number of benzene rings is 2. The third kappa shape index (κ3) is 5.27.